The van der Waals surface area contributed by atoms with Crippen LogP contribution in [0.4, 0.5) is 35.1 Å². The van der Waals surface area contributed by atoms with Gasteiger partial charge in [0.2, 0.25) is 0 Å². The van der Waals surface area contributed by atoms with E-state index in [-0.39, 0.29) is 23.1 Å². The Balaban J connectivity index is 0.000000204. The third-order valence-corrected chi connectivity index (χ3v) is 9.36. The fourth-order valence-corrected chi connectivity index (χ4v) is 6.66. The van der Waals surface area contributed by atoms with Crippen LogP contribution in [0.2, 0.25) is 0 Å². The second-order valence-electron chi connectivity index (χ2n) is 13.4. The summed E-state index contributed by atoms with van der Waals surface area (Å²) in [7, 11) is 0. The Hall–Kier alpha value is -4.60. The van der Waals surface area contributed by atoms with Crippen LogP contribution in [0, 0.1) is 11.6 Å². The quantitative estimate of drug-likeness (QED) is 0.113. The second kappa shape index (κ2) is 17.5. The lowest BCUT2D eigenvalue weighted by Crippen LogP contribution is -2.16. The van der Waals surface area contributed by atoms with E-state index in [1.165, 1.54) is 84.7 Å². The number of allylic oxidation sites excluding steroid dienone is 2. The first-order valence-electron chi connectivity index (χ1n) is 18.0. The maximum Gasteiger partial charge on any atom is 0.573 e. The van der Waals surface area contributed by atoms with Gasteiger partial charge in [-0.15, -0.1) is 26.3 Å². The molecular formula is C43H42F8O2. The molecule has 53 heavy (non-hydrogen) atoms. The van der Waals surface area contributed by atoms with Crippen LogP contribution >= 0.6 is 0 Å². The van der Waals surface area contributed by atoms with E-state index < -0.39 is 12.7 Å². The van der Waals surface area contributed by atoms with Crippen LogP contribution < -0.4 is 9.47 Å². The summed E-state index contributed by atoms with van der Waals surface area (Å²) < 4.78 is 110. The van der Waals surface area contributed by atoms with Crippen molar-refractivity contribution >= 4 is 12.2 Å². The average molecular weight is 743 g/mol. The van der Waals surface area contributed by atoms with Gasteiger partial charge in [-0.2, -0.15) is 0 Å². The van der Waals surface area contributed by atoms with Crippen molar-refractivity contribution in [2.75, 3.05) is 0 Å². The molecule has 0 saturated heterocycles. The number of ether oxygens (including phenoxy) is 2. The number of hydrogen-bond donors (Lipinski definition) is 0. The van der Waals surface area contributed by atoms with Crippen molar-refractivity contribution in [3.05, 3.63) is 118 Å². The maximum absolute atomic E-state index is 14.6. The van der Waals surface area contributed by atoms with Gasteiger partial charge in [-0.25, -0.2) is 8.78 Å². The van der Waals surface area contributed by atoms with Gasteiger partial charge in [-0.05, 0) is 133 Å². The predicted octanol–water partition coefficient (Wildman–Crippen LogP) is 14.2. The Bertz CT molecular complexity index is 1900. The molecule has 0 N–H and O–H groups in total. The Morgan fingerprint density at radius 1 is 0.509 bits per heavy atom. The molecule has 0 aromatic heterocycles. The van der Waals surface area contributed by atoms with E-state index in [1.807, 2.05) is 6.07 Å². The van der Waals surface area contributed by atoms with Crippen molar-refractivity contribution < 1.29 is 44.6 Å². The summed E-state index contributed by atoms with van der Waals surface area (Å²) in [5.41, 5.74) is 8.51. The van der Waals surface area contributed by atoms with Gasteiger partial charge in [0.25, 0.3) is 0 Å². The minimum atomic E-state index is -4.74. The fraction of sp³-hybridized carbons (Fsp3) is 0.349. The molecule has 0 unspecified atom stereocenters. The smallest absolute Gasteiger partial charge is 0.406 e. The molecular weight excluding hydrogens is 700 g/mol. The molecule has 4 aromatic carbocycles. The van der Waals surface area contributed by atoms with Crippen molar-refractivity contribution in [3.8, 4) is 33.8 Å². The van der Waals surface area contributed by atoms with E-state index in [1.54, 1.807) is 6.07 Å². The van der Waals surface area contributed by atoms with E-state index in [9.17, 15) is 35.1 Å². The SMILES string of the molecule is CCCCC1=Cc2cc(F)c(-c3ccc(OC(F)(F)F)cc3)cc2CC1.CCCCCC1=Cc2cc(F)c(-c3ccc(OC(F)(F)F)cc3)cc2CC1. The van der Waals surface area contributed by atoms with Crippen LogP contribution in [0.25, 0.3) is 34.4 Å². The molecule has 0 amide bonds. The van der Waals surface area contributed by atoms with Gasteiger partial charge in [0, 0.05) is 11.1 Å². The van der Waals surface area contributed by atoms with Gasteiger partial charge >= 0.3 is 12.7 Å². The molecule has 2 nitrogen and oxygen atoms in total. The number of benzene rings is 4. The number of aryl methyl sites for hydroxylation is 2. The average Bonchev–Trinajstić information content (AvgIpc) is 3.10. The van der Waals surface area contributed by atoms with Crippen LogP contribution in [-0.4, -0.2) is 12.7 Å². The molecule has 2 aliphatic carbocycles. The zero-order chi connectivity index (χ0) is 38.2. The molecule has 0 heterocycles. The molecule has 0 spiro atoms. The third-order valence-electron chi connectivity index (χ3n) is 9.36. The number of halogens is 8. The van der Waals surface area contributed by atoms with E-state index >= 15 is 0 Å². The molecule has 2 aliphatic rings. The largest absolute Gasteiger partial charge is 0.573 e. The van der Waals surface area contributed by atoms with Gasteiger partial charge in [-0.1, -0.05) is 80.7 Å². The highest BCUT2D eigenvalue weighted by Crippen LogP contribution is 2.36. The molecule has 0 saturated carbocycles. The van der Waals surface area contributed by atoms with Crippen LogP contribution in [0.5, 0.6) is 11.5 Å². The van der Waals surface area contributed by atoms with Gasteiger partial charge in [0.15, 0.2) is 0 Å². The summed E-state index contributed by atoms with van der Waals surface area (Å²) in [5.74, 6) is -1.38. The molecule has 4 aromatic rings. The van der Waals surface area contributed by atoms with Crippen molar-refractivity contribution in [3.63, 3.8) is 0 Å². The number of unbranched alkanes of at least 4 members (excludes halogenated alkanes) is 3. The maximum atomic E-state index is 14.6. The molecule has 0 atom stereocenters. The van der Waals surface area contributed by atoms with E-state index in [0.717, 1.165) is 80.0 Å². The zero-order valence-corrected chi connectivity index (χ0v) is 29.7. The Morgan fingerprint density at radius 3 is 1.28 bits per heavy atom. The summed E-state index contributed by atoms with van der Waals surface area (Å²) >= 11 is 0. The first kappa shape index (κ1) is 39.6. The zero-order valence-electron chi connectivity index (χ0n) is 29.7. The summed E-state index contributed by atoms with van der Waals surface area (Å²) in [5, 5.41) is 0. The first-order valence-corrected chi connectivity index (χ1v) is 18.0. The monoisotopic (exact) mass is 742 g/mol. The standard InChI is InChI=1S/C22H22F4O.C21H20F4O/c1-2-3-4-5-15-6-7-17-13-20(21(23)14-18(17)12-15)16-8-10-19(11-9-16)27-22(24,25)26;1-2-3-4-14-5-6-16-12-19(20(22)13-17(16)11-14)15-7-9-18(10-8-15)26-21(23,24)25/h8-14H,2-7H2,1H3;7-13H,2-6H2,1H3. The molecule has 0 bridgehead atoms. The number of rotatable bonds is 11. The number of alkyl halides is 6. The minimum Gasteiger partial charge on any atom is -0.406 e. The highest BCUT2D eigenvalue weighted by molar-refractivity contribution is 5.72. The first-order chi connectivity index (χ1) is 25.2. The van der Waals surface area contributed by atoms with Gasteiger partial charge in [0.1, 0.15) is 23.1 Å². The van der Waals surface area contributed by atoms with E-state index in [2.05, 4.69) is 35.5 Å². The lowest BCUT2D eigenvalue weighted by atomic mass is 9.87. The van der Waals surface area contributed by atoms with Gasteiger partial charge in [-0.3, -0.25) is 0 Å². The fourth-order valence-electron chi connectivity index (χ4n) is 6.66. The lowest BCUT2D eigenvalue weighted by Gasteiger charge is -2.18. The highest BCUT2D eigenvalue weighted by atomic mass is 19.4. The second-order valence-corrected chi connectivity index (χ2v) is 13.4. The lowest BCUT2D eigenvalue weighted by molar-refractivity contribution is -0.275. The van der Waals surface area contributed by atoms with E-state index in [4.69, 9.17) is 0 Å². The summed E-state index contributed by atoms with van der Waals surface area (Å²) in [6.45, 7) is 4.32. The molecule has 0 fully saturated rings. The van der Waals surface area contributed by atoms with Crippen molar-refractivity contribution in [2.45, 2.75) is 97.2 Å². The molecule has 282 valence electrons. The van der Waals surface area contributed by atoms with Crippen molar-refractivity contribution in [1.29, 1.82) is 0 Å². The Morgan fingerprint density at radius 2 is 0.906 bits per heavy atom. The molecule has 10 heteroatoms. The molecule has 0 radical (unpaired) electrons. The van der Waals surface area contributed by atoms with Crippen molar-refractivity contribution in [2.24, 2.45) is 0 Å². The van der Waals surface area contributed by atoms with Gasteiger partial charge < -0.3 is 9.47 Å². The number of hydrogen-bond acceptors (Lipinski definition) is 2. The minimum absolute atomic E-state index is 0.315. The normalized spacial score (nSPS) is 13.9. The topological polar surface area (TPSA) is 18.5 Å². The predicted molar refractivity (Wildman–Crippen MR) is 193 cm³/mol. The molecule has 0 aliphatic heterocycles. The van der Waals surface area contributed by atoms with E-state index in [0.29, 0.717) is 22.3 Å². The van der Waals surface area contributed by atoms with Crippen LogP contribution in [0.15, 0.2) is 83.9 Å². The third kappa shape index (κ3) is 11.4. The van der Waals surface area contributed by atoms with Gasteiger partial charge in [0.05, 0.1) is 0 Å². The van der Waals surface area contributed by atoms with Crippen molar-refractivity contribution in [1.82, 2.24) is 0 Å². The van der Waals surface area contributed by atoms with Crippen LogP contribution in [0.1, 0.15) is 93.9 Å². The van der Waals surface area contributed by atoms with Crippen LogP contribution in [0.3, 0.4) is 0 Å². The highest BCUT2D eigenvalue weighted by Gasteiger charge is 2.32. The Kier molecular flexibility index (Phi) is 13.1. The molecule has 6 rings (SSSR count). The number of fused-ring (bicyclic) bond motifs is 2. The summed E-state index contributed by atoms with van der Waals surface area (Å²) in [6, 6.07) is 17.2. The Labute approximate surface area is 305 Å². The summed E-state index contributed by atoms with van der Waals surface area (Å²) in [4.78, 5) is 0. The van der Waals surface area contributed by atoms with Crippen LogP contribution in [-0.2, 0) is 12.8 Å². The summed E-state index contributed by atoms with van der Waals surface area (Å²) in [6.07, 6.45) is 6.23.